The quantitative estimate of drug-likeness (QED) is 0.417. The topological polar surface area (TPSA) is 72.6 Å². The molecule has 2 heterocycles. The molecule has 0 bridgehead atoms. The number of fused-ring (bicyclic) bond motifs is 1. The minimum Gasteiger partial charge on any atom is -0.494 e. The molecule has 0 spiro atoms. The van der Waals surface area contributed by atoms with Gasteiger partial charge in [0.25, 0.3) is 5.78 Å². The third-order valence-electron chi connectivity index (χ3n) is 5.19. The van der Waals surface area contributed by atoms with Crippen molar-refractivity contribution < 1.29 is 9.53 Å². The van der Waals surface area contributed by atoms with Crippen LogP contribution in [0.15, 0.2) is 60.7 Å². The Bertz CT molecular complexity index is 1200. The lowest BCUT2D eigenvalue weighted by Gasteiger charge is -2.22. The number of hydrogen-bond donors (Lipinski definition) is 0. The van der Waals surface area contributed by atoms with Crippen LogP contribution >= 0.6 is 0 Å². The van der Waals surface area contributed by atoms with Crippen molar-refractivity contribution in [3.8, 4) is 5.75 Å². The van der Waals surface area contributed by atoms with Crippen LogP contribution in [0, 0.1) is 13.8 Å². The Morgan fingerprint density at radius 2 is 1.78 bits per heavy atom. The number of aromatic nitrogens is 4. The average molecular weight is 430 g/mol. The molecule has 0 N–H and O–H groups in total. The zero-order chi connectivity index (χ0) is 22.5. The van der Waals surface area contributed by atoms with E-state index in [1.165, 1.54) is 0 Å². The predicted octanol–water partition coefficient (Wildman–Crippen LogP) is 4.31. The molecule has 2 aromatic heterocycles. The van der Waals surface area contributed by atoms with E-state index in [0.29, 0.717) is 31.1 Å². The standard InChI is InChI=1S/C25H27N5O2/c1-4-32-22-13-11-21(12-14-22)29(24(31)15-10-20-8-6-5-7-9-20)17-23-27-25-26-18(2)16-19(3)30(25)28-23/h5-9,11-14,16H,4,10,15,17H2,1-3H3. The summed E-state index contributed by atoms with van der Waals surface area (Å²) in [5.74, 6) is 1.88. The molecule has 0 saturated carbocycles. The van der Waals surface area contributed by atoms with Crippen LogP contribution in [0.2, 0.25) is 0 Å². The number of hydrogen-bond acceptors (Lipinski definition) is 5. The summed E-state index contributed by atoms with van der Waals surface area (Å²) in [6.45, 7) is 6.70. The van der Waals surface area contributed by atoms with Gasteiger partial charge in [-0.1, -0.05) is 30.3 Å². The van der Waals surface area contributed by atoms with Gasteiger partial charge in [-0.05, 0) is 63.1 Å². The van der Waals surface area contributed by atoms with Crippen molar-refractivity contribution in [1.29, 1.82) is 0 Å². The number of amides is 1. The molecule has 7 nitrogen and oxygen atoms in total. The maximum atomic E-state index is 13.3. The second-order valence-corrected chi connectivity index (χ2v) is 7.67. The van der Waals surface area contributed by atoms with Crippen molar-refractivity contribution in [2.45, 2.75) is 40.2 Å². The molecule has 2 aromatic carbocycles. The van der Waals surface area contributed by atoms with Gasteiger partial charge in [-0.25, -0.2) is 9.50 Å². The summed E-state index contributed by atoms with van der Waals surface area (Å²) in [7, 11) is 0. The Labute approximate surface area is 187 Å². The molecular formula is C25H27N5O2. The second-order valence-electron chi connectivity index (χ2n) is 7.67. The van der Waals surface area contributed by atoms with Gasteiger partial charge in [0, 0.05) is 23.5 Å². The third kappa shape index (κ3) is 4.94. The first-order valence-corrected chi connectivity index (χ1v) is 10.8. The predicted molar refractivity (Wildman–Crippen MR) is 124 cm³/mol. The molecule has 0 aliphatic carbocycles. The molecule has 32 heavy (non-hydrogen) atoms. The van der Waals surface area contributed by atoms with Gasteiger partial charge in [0.15, 0.2) is 5.82 Å². The molecule has 0 radical (unpaired) electrons. The molecule has 164 valence electrons. The number of nitrogens with zero attached hydrogens (tertiary/aromatic N) is 5. The first-order valence-electron chi connectivity index (χ1n) is 10.8. The number of carbonyl (C=O) groups excluding carboxylic acids is 1. The first-order chi connectivity index (χ1) is 15.5. The highest BCUT2D eigenvalue weighted by molar-refractivity contribution is 5.93. The molecule has 1 amide bonds. The fourth-order valence-electron chi connectivity index (χ4n) is 3.66. The summed E-state index contributed by atoms with van der Waals surface area (Å²) in [5.41, 5.74) is 3.76. The van der Waals surface area contributed by atoms with Crippen LogP contribution in [0.25, 0.3) is 5.78 Å². The maximum absolute atomic E-state index is 13.3. The average Bonchev–Trinajstić information content (AvgIpc) is 3.20. The molecule has 0 unspecified atom stereocenters. The number of carbonyl (C=O) groups is 1. The van der Waals surface area contributed by atoms with E-state index in [-0.39, 0.29) is 12.5 Å². The Balaban J connectivity index is 1.60. The monoisotopic (exact) mass is 429 g/mol. The van der Waals surface area contributed by atoms with E-state index in [0.717, 1.165) is 28.4 Å². The van der Waals surface area contributed by atoms with Crippen LogP contribution in [0.3, 0.4) is 0 Å². The number of ether oxygens (including phenoxy) is 1. The van der Waals surface area contributed by atoms with Crippen molar-refractivity contribution in [3.63, 3.8) is 0 Å². The molecule has 0 fully saturated rings. The normalized spacial score (nSPS) is 11.0. The van der Waals surface area contributed by atoms with Crippen LogP contribution in [0.4, 0.5) is 5.69 Å². The van der Waals surface area contributed by atoms with Crippen LogP contribution in [-0.2, 0) is 17.8 Å². The number of rotatable bonds is 8. The molecule has 0 aliphatic rings. The van der Waals surface area contributed by atoms with Crippen molar-refractivity contribution in [2.24, 2.45) is 0 Å². The van der Waals surface area contributed by atoms with E-state index in [1.54, 1.807) is 9.42 Å². The third-order valence-corrected chi connectivity index (χ3v) is 5.19. The van der Waals surface area contributed by atoms with Crippen LogP contribution in [-0.4, -0.2) is 32.1 Å². The molecule has 4 aromatic rings. The maximum Gasteiger partial charge on any atom is 0.252 e. The lowest BCUT2D eigenvalue weighted by Crippen LogP contribution is -2.31. The molecular weight excluding hydrogens is 402 g/mol. The summed E-state index contributed by atoms with van der Waals surface area (Å²) < 4.78 is 7.26. The summed E-state index contributed by atoms with van der Waals surface area (Å²) in [5, 5.41) is 4.59. The fourth-order valence-corrected chi connectivity index (χ4v) is 3.66. The summed E-state index contributed by atoms with van der Waals surface area (Å²) in [6.07, 6.45) is 1.06. The highest BCUT2D eigenvalue weighted by atomic mass is 16.5. The van der Waals surface area contributed by atoms with Gasteiger partial charge >= 0.3 is 0 Å². The fraction of sp³-hybridized carbons (Fsp3) is 0.280. The van der Waals surface area contributed by atoms with E-state index in [2.05, 4.69) is 15.1 Å². The van der Waals surface area contributed by atoms with Gasteiger partial charge in [-0.2, -0.15) is 4.98 Å². The second kappa shape index (κ2) is 9.60. The van der Waals surface area contributed by atoms with Gasteiger partial charge in [0.05, 0.1) is 13.2 Å². The molecule has 0 atom stereocenters. The minimum absolute atomic E-state index is 0.0118. The SMILES string of the molecule is CCOc1ccc(N(Cc2nc3nc(C)cc(C)n3n2)C(=O)CCc2ccccc2)cc1. The molecule has 0 saturated heterocycles. The highest BCUT2D eigenvalue weighted by Gasteiger charge is 2.19. The Morgan fingerprint density at radius 1 is 1.03 bits per heavy atom. The number of benzene rings is 2. The van der Waals surface area contributed by atoms with E-state index >= 15 is 0 Å². The number of anilines is 1. The number of aryl methyl sites for hydroxylation is 3. The Morgan fingerprint density at radius 3 is 2.50 bits per heavy atom. The molecule has 7 heteroatoms. The lowest BCUT2D eigenvalue weighted by atomic mass is 10.1. The Kier molecular flexibility index (Phi) is 6.44. The summed E-state index contributed by atoms with van der Waals surface area (Å²) in [6, 6.07) is 19.5. The van der Waals surface area contributed by atoms with E-state index < -0.39 is 0 Å². The smallest absolute Gasteiger partial charge is 0.252 e. The minimum atomic E-state index is 0.0118. The van der Waals surface area contributed by atoms with Gasteiger partial charge in [-0.15, -0.1) is 5.10 Å². The largest absolute Gasteiger partial charge is 0.494 e. The van der Waals surface area contributed by atoms with Gasteiger partial charge in [0.2, 0.25) is 5.91 Å². The Hall–Kier alpha value is -3.74. The van der Waals surface area contributed by atoms with Gasteiger partial charge in [-0.3, -0.25) is 4.79 Å². The van der Waals surface area contributed by atoms with E-state index in [9.17, 15) is 4.79 Å². The lowest BCUT2D eigenvalue weighted by molar-refractivity contribution is -0.118. The van der Waals surface area contributed by atoms with Crippen molar-refractivity contribution in [3.05, 3.63) is 83.4 Å². The molecule has 4 rings (SSSR count). The summed E-state index contributed by atoms with van der Waals surface area (Å²) in [4.78, 5) is 24.0. The highest BCUT2D eigenvalue weighted by Crippen LogP contribution is 2.22. The van der Waals surface area contributed by atoms with Crippen LogP contribution < -0.4 is 9.64 Å². The van der Waals surface area contributed by atoms with Crippen LogP contribution in [0.5, 0.6) is 5.75 Å². The first kappa shape index (κ1) is 21.5. The zero-order valence-corrected chi connectivity index (χ0v) is 18.7. The zero-order valence-electron chi connectivity index (χ0n) is 18.7. The molecule has 0 aliphatic heterocycles. The summed E-state index contributed by atoms with van der Waals surface area (Å²) >= 11 is 0. The van der Waals surface area contributed by atoms with E-state index in [1.807, 2.05) is 81.4 Å². The van der Waals surface area contributed by atoms with Gasteiger partial charge in [0.1, 0.15) is 5.75 Å². The van der Waals surface area contributed by atoms with Crippen molar-refractivity contribution in [2.75, 3.05) is 11.5 Å². The van der Waals surface area contributed by atoms with Gasteiger partial charge < -0.3 is 9.64 Å². The van der Waals surface area contributed by atoms with Crippen molar-refractivity contribution >= 4 is 17.4 Å². The van der Waals surface area contributed by atoms with E-state index in [4.69, 9.17) is 4.74 Å². The van der Waals surface area contributed by atoms with Crippen LogP contribution in [0.1, 0.15) is 36.1 Å². The van der Waals surface area contributed by atoms with Crippen molar-refractivity contribution in [1.82, 2.24) is 19.6 Å².